The standard InChI is InChI=1S/C20H24N2.ClH/c1-3-7-18(8-4-1)15-21-13-14-22(20(17-21)11-12-20)16-19-9-5-2-6-10-19;/h1-10H,11-17H2;1H. The molecular formula is C20H25ClN2. The SMILES string of the molecule is Cl.c1ccc(CN2CCN(Cc3ccccc3)C3(CC3)C2)cc1. The van der Waals surface area contributed by atoms with Gasteiger partial charge in [-0.15, -0.1) is 12.4 Å². The Morgan fingerprint density at radius 3 is 1.87 bits per heavy atom. The molecule has 2 fully saturated rings. The molecule has 3 heteroatoms. The van der Waals surface area contributed by atoms with E-state index in [-0.39, 0.29) is 12.4 Å². The molecule has 0 atom stereocenters. The summed E-state index contributed by atoms with van der Waals surface area (Å²) in [6, 6.07) is 21.8. The Hall–Kier alpha value is -1.35. The average molecular weight is 329 g/mol. The average Bonchev–Trinajstić information content (AvgIpc) is 3.32. The Morgan fingerprint density at radius 2 is 1.30 bits per heavy atom. The molecule has 0 aromatic heterocycles. The van der Waals surface area contributed by atoms with Crippen molar-refractivity contribution in [1.29, 1.82) is 0 Å². The second-order valence-electron chi connectivity index (χ2n) is 6.83. The molecule has 1 aliphatic heterocycles. The fraction of sp³-hybridized carbons (Fsp3) is 0.400. The Bertz CT molecular complexity index is 610. The molecule has 1 saturated carbocycles. The number of halogens is 1. The minimum atomic E-state index is 0. The zero-order valence-corrected chi connectivity index (χ0v) is 14.3. The number of hydrogen-bond acceptors (Lipinski definition) is 2. The summed E-state index contributed by atoms with van der Waals surface area (Å²) < 4.78 is 0. The van der Waals surface area contributed by atoms with Crippen molar-refractivity contribution in [2.24, 2.45) is 0 Å². The van der Waals surface area contributed by atoms with Crippen molar-refractivity contribution in [2.45, 2.75) is 31.5 Å². The van der Waals surface area contributed by atoms with Crippen molar-refractivity contribution < 1.29 is 0 Å². The Kier molecular flexibility index (Phi) is 5.05. The molecule has 0 amide bonds. The van der Waals surface area contributed by atoms with E-state index in [1.165, 1.54) is 43.6 Å². The van der Waals surface area contributed by atoms with Crippen LogP contribution in [0.4, 0.5) is 0 Å². The number of nitrogens with zero attached hydrogens (tertiary/aromatic N) is 2. The summed E-state index contributed by atoms with van der Waals surface area (Å²) in [6.45, 7) is 5.82. The van der Waals surface area contributed by atoms with Gasteiger partial charge >= 0.3 is 0 Å². The normalized spacial score (nSPS) is 20.2. The second kappa shape index (κ2) is 7.04. The number of piperazine rings is 1. The van der Waals surface area contributed by atoms with E-state index in [9.17, 15) is 0 Å². The minimum Gasteiger partial charge on any atom is -0.296 e. The Morgan fingerprint density at radius 1 is 0.739 bits per heavy atom. The molecule has 2 nitrogen and oxygen atoms in total. The van der Waals surface area contributed by atoms with Gasteiger partial charge in [-0.2, -0.15) is 0 Å². The fourth-order valence-electron chi connectivity index (χ4n) is 3.74. The first-order valence-corrected chi connectivity index (χ1v) is 8.39. The third-order valence-electron chi connectivity index (χ3n) is 5.17. The molecule has 4 rings (SSSR count). The molecule has 2 aliphatic rings. The lowest BCUT2D eigenvalue weighted by Crippen LogP contribution is -2.54. The van der Waals surface area contributed by atoms with Crippen molar-refractivity contribution in [1.82, 2.24) is 9.80 Å². The third kappa shape index (κ3) is 3.77. The molecule has 2 aromatic carbocycles. The van der Waals surface area contributed by atoms with Crippen LogP contribution in [0, 0.1) is 0 Å². The van der Waals surface area contributed by atoms with Crippen molar-refractivity contribution in [2.75, 3.05) is 19.6 Å². The zero-order chi connectivity index (χ0) is 14.8. The van der Waals surface area contributed by atoms with Gasteiger partial charge in [0.1, 0.15) is 0 Å². The van der Waals surface area contributed by atoms with E-state index in [0.717, 1.165) is 13.1 Å². The van der Waals surface area contributed by atoms with Gasteiger partial charge in [-0.3, -0.25) is 9.80 Å². The highest BCUT2D eigenvalue weighted by atomic mass is 35.5. The van der Waals surface area contributed by atoms with E-state index in [0.29, 0.717) is 5.54 Å². The molecule has 1 saturated heterocycles. The van der Waals surface area contributed by atoms with Crippen molar-refractivity contribution in [3.63, 3.8) is 0 Å². The molecular weight excluding hydrogens is 304 g/mol. The molecule has 0 unspecified atom stereocenters. The van der Waals surface area contributed by atoms with Crippen molar-refractivity contribution >= 4 is 12.4 Å². The van der Waals surface area contributed by atoms with Crippen LogP contribution in [0.3, 0.4) is 0 Å². The van der Waals surface area contributed by atoms with Crippen LogP contribution in [-0.4, -0.2) is 35.0 Å². The first-order valence-electron chi connectivity index (χ1n) is 8.39. The van der Waals surface area contributed by atoms with E-state index in [1.54, 1.807) is 0 Å². The van der Waals surface area contributed by atoms with E-state index in [4.69, 9.17) is 0 Å². The molecule has 2 aromatic rings. The van der Waals surface area contributed by atoms with Crippen molar-refractivity contribution in [3.05, 3.63) is 71.8 Å². The van der Waals surface area contributed by atoms with Gasteiger partial charge in [0.05, 0.1) is 0 Å². The lowest BCUT2D eigenvalue weighted by molar-refractivity contribution is 0.0490. The summed E-state index contributed by atoms with van der Waals surface area (Å²) in [5.74, 6) is 0. The molecule has 0 N–H and O–H groups in total. The monoisotopic (exact) mass is 328 g/mol. The van der Waals surface area contributed by atoms with Crippen LogP contribution >= 0.6 is 12.4 Å². The van der Waals surface area contributed by atoms with Gasteiger partial charge < -0.3 is 0 Å². The first kappa shape index (κ1) is 16.5. The maximum atomic E-state index is 2.73. The van der Waals surface area contributed by atoms with Gasteiger partial charge in [-0.25, -0.2) is 0 Å². The van der Waals surface area contributed by atoms with Gasteiger partial charge in [0, 0.05) is 38.3 Å². The molecule has 1 heterocycles. The molecule has 122 valence electrons. The smallest absolute Gasteiger partial charge is 0.0342 e. The topological polar surface area (TPSA) is 6.48 Å². The summed E-state index contributed by atoms with van der Waals surface area (Å²) in [5, 5.41) is 0. The zero-order valence-electron chi connectivity index (χ0n) is 13.5. The van der Waals surface area contributed by atoms with E-state index >= 15 is 0 Å². The van der Waals surface area contributed by atoms with E-state index in [1.807, 2.05) is 0 Å². The quantitative estimate of drug-likeness (QED) is 0.838. The number of benzene rings is 2. The predicted octanol–water partition coefficient (Wildman–Crippen LogP) is 3.96. The van der Waals surface area contributed by atoms with Crippen LogP contribution in [0.5, 0.6) is 0 Å². The predicted molar refractivity (Wildman–Crippen MR) is 97.8 cm³/mol. The van der Waals surface area contributed by atoms with Gasteiger partial charge in [-0.05, 0) is 24.0 Å². The minimum absolute atomic E-state index is 0. The summed E-state index contributed by atoms with van der Waals surface area (Å²) in [7, 11) is 0. The summed E-state index contributed by atoms with van der Waals surface area (Å²) in [6.07, 6.45) is 2.73. The van der Waals surface area contributed by atoms with Crippen LogP contribution < -0.4 is 0 Å². The third-order valence-corrected chi connectivity index (χ3v) is 5.17. The maximum Gasteiger partial charge on any atom is 0.0342 e. The van der Waals surface area contributed by atoms with E-state index in [2.05, 4.69) is 70.5 Å². The lowest BCUT2D eigenvalue weighted by Gasteiger charge is -2.42. The van der Waals surface area contributed by atoms with Crippen molar-refractivity contribution in [3.8, 4) is 0 Å². The summed E-state index contributed by atoms with van der Waals surface area (Å²) >= 11 is 0. The van der Waals surface area contributed by atoms with Gasteiger partial charge in [0.25, 0.3) is 0 Å². The van der Waals surface area contributed by atoms with E-state index < -0.39 is 0 Å². The first-order chi connectivity index (χ1) is 10.8. The second-order valence-corrected chi connectivity index (χ2v) is 6.83. The largest absolute Gasteiger partial charge is 0.296 e. The lowest BCUT2D eigenvalue weighted by atomic mass is 10.1. The fourth-order valence-corrected chi connectivity index (χ4v) is 3.74. The summed E-state index contributed by atoms with van der Waals surface area (Å²) in [5.41, 5.74) is 3.35. The highest BCUT2D eigenvalue weighted by molar-refractivity contribution is 5.85. The molecule has 1 spiro atoms. The molecule has 0 radical (unpaired) electrons. The van der Waals surface area contributed by atoms with Crippen LogP contribution in [0.1, 0.15) is 24.0 Å². The number of rotatable bonds is 4. The maximum absolute atomic E-state index is 2.73. The molecule has 0 bridgehead atoms. The molecule has 1 aliphatic carbocycles. The summed E-state index contributed by atoms with van der Waals surface area (Å²) in [4.78, 5) is 5.37. The Labute approximate surface area is 145 Å². The highest BCUT2D eigenvalue weighted by Crippen LogP contribution is 2.45. The Balaban J connectivity index is 0.00000156. The number of hydrogen-bond donors (Lipinski definition) is 0. The van der Waals surface area contributed by atoms with Crippen LogP contribution in [0.25, 0.3) is 0 Å². The van der Waals surface area contributed by atoms with Gasteiger partial charge in [-0.1, -0.05) is 60.7 Å². The van der Waals surface area contributed by atoms with Gasteiger partial charge in [0.2, 0.25) is 0 Å². The molecule has 23 heavy (non-hydrogen) atoms. The highest BCUT2D eigenvalue weighted by Gasteiger charge is 2.50. The van der Waals surface area contributed by atoms with Crippen LogP contribution in [0.15, 0.2) is 60.7 Å². The van der Waals surface area contributed by atoms with Crippen LogP contribution in [-0.2, 0) is 13.1 Å². The van der Waals surface area contributed by atoms with Gasteiger partial charge in [0.15, 0.2) is 0 Å². The van der Waals surface area contributed by atoms with Crippen LogP contribution in [0.2, 0.25) is 0 Å².